The molecule has 4 amide bonds. The molecule has 0 bridgehead atoms. The molecule has 2 aromatic carbocycles. The minimum absolute atomic E-state index is 0.214. The van der Waals surface area contributed by atoms with Crippen LogP contribution in [0.3, 0.4) is 0 Å². The van der Waals surface area contributed by atoms with E-state index in [0.717, 1.165) is 16.0 Å². The van der Waals surface area contributed by atoms with E-state index in [9.17, 15) is 18.8 Å². The number of hydrogen-bond donors (Lipinski definition) is 1. The molecule has 0 unspecified atom stereocenters. The van der Waals surface area contributed by atoms with Gasteiger partial charge in [0.25, 0.3) is 11.8 Å². The van der Waals surface area contributed by atoms with Crippen molar-refractivity contribution in [3.8, 4) is 0 Å². The van der Waals surface area contributed by atoms with Crippen LogP contribution in [0.2, 0.25) is 0 Å². The lowest BCUT2D eigenvalue weighted by atomic mass is 9.92. The summed E-state index contributed by atoms with van der Waals surface area (Å²) < 4.78 is 15.6. The summed E-state index contributed by atoms with van der Waals surface area (Å²) in [5.41, 5.74) is 1.16. The van der Waals surface area contributed by atoms with Gasteiger partial charge in [0, 0.05) is 17.1 Å². The molecule has 5 rings (SSSR count). The van der Waals surface area contributed by atoms with Crippen molar-refractivity contribution in [1.29, 1.82) is 0 Å². The number of nitrogens with zero attached hydrogens (tertiary/aromatic N) is 3. The first-order valence-corrected chi connectivity index (χ1v) is 11.0. The highest BCUT2D eigenvalue weighted by atomic mass is 32.1. The average Bonchev–Trinajstić information content (AvgIpc) is 3.44. The molecule has 1 spiro atoms. The number of carbonyl (C=O) groups is 3. The molecule has 7 nitrogen and oxygen atoms in total. The van der Waals surface area contributed by atoms with Crippen LogP contribution in [0.5, 0.6) is 0 Å². The van der Waals surface area contributed by atoms with E-state index in [1.807, 2.05) is 24.3 Å². The Morgan fingerprint density at radius 3 is 2.78 bits per heavy atom. The maximum absolute atomic E-state index is 14.0. The molecule has 1 saturated heterocycles. The zero-order valence-corrected chi connectivity index (χ0v) is 17.8. The summed E-state index contributed by atoms with van der Waals surface area (Å²) in [6.07, 6.45) is 2.85. The number of fused-ring (bicyclic) bond motifs is 2. The van der Waals surface area contributed by atoms with Crippen molar-refractivity contribution in [2.45, 2.75) is 24.9 Å². The van der Waals surface area contributed by atoms with Crippen LogP contribution in [0.1, 0.15) is 23.1 Å². The molecule has 2 heterocycles. The summed E-state index contributed by atoms with van der Waals surface area (Å²) in [6.45, 7) is -0.239. The number of carbonyl (C=O) groups excluding carboxylic acids is 3. The fourth-order valence-corrected chi connectivity index (χ4v) is 5.07. The Hall–Kier alpha value is -3.59. The van der Waals surface area contributed by atoms with E-state index in [-0.39, 0.29) is 12.4 Å². The van der Waals surface area contributed by atoms with Gasteiger partial charge in [-0.05, 0) is 30.0 Å². The highest BCUT2D eigenvalue weighted by Crippen LogP contribution is 2.41. The van der Waals surface area contributed by atoms with E-state index >= 15 is 0 Å². The quantitative estimate of drug-likeness (QED) is 0.620. The second-order valence-electron chi connectivity index (χ2n) is 7.79. The molecule has 2 aliphatic rings. The Morgan fingerprint density at radius 2 is 1.94 bits per heavy atom. The van der Waals surface area contributed by atoms with E-state index in [4.69, 9.17) is 0 Å². The van der Waals surface area contributed by atoms with Gasteiger partial charge in [-0.1, -0.05) is 42.5 Å². The Balaban J connectivity index is 1.36. The van der Waals surface area contributed by atoms with Crippen LogP contribution in [0.4, 0.5) is 9.18 Å². The predicted octanol–water partition coefficient (Wildman–Crippen LogP) is 2.56. The van der Waals surface area contributed by atoms with Crippen LogP contribution in [-0.2, 0) is 28.1 Å². The average molecular weight is 450 g/mol. The fourth-order valence-electron chi connectivity index (χ4n) is 4.33. The van der Waals surface area contributed by atoms with Crippen molar-refractivity contribution in [3.05, 3.63) is 87.4 Å². The SMILES string of the molecule is O=C(CN1C(=O)N[C@]2(CCc3ccccc32)C1=O)N=c1sccn1Cc1ccccc1F. The number of aryl methyl sites for hydroxylation is 1. The minimum Gasteiger partial charge on any atom is -0.319 e. The number of nitrogens with one attached hydrogen (secondary N) is 1. The lowest BCUT2D eigenvalue weighted by Crippen LogP contribution is -2.42. The number of hydrogen-bond acceptors (Lipinski definition) is 4. The highest BCUT2D eigenvalue weighted by Gasteiger charge is 2.55. The molecule has 1 N–H and O–H groups in total. The molecule has 3 aromatic rings. The van der Waals surface area contributed by atoms with Crippen molar-refractivity contribution in [3.63, 3.8) is 0 Å². The van der Waals surface area contributed by atoms with E-state index in [1.165, 1.54) is 17.4 Å². The maximum Gasteiger partial charge on any atom is 0.325 e. The van der Waals surface area contributed by atoms with Crippen molar-refractivity contribution in [2.24, 2.45) is 4.99 Å². The molecule has 0 saturated carbocycles. The van der Waals surface area contributed by atoms with Gasteiger partial charge in [0.15, 0.2) is 4.80 Å². The van der Waals surface area contributed by atoms with Gasteiger partial charge in [-0.2, -0.15) is 4.99 Å². The summed E-state index contributed by atoms with van der Waals surface area (Å²) in [6, 6.07) is 13.3. The largest absolute Gasteiger partial charge is 0.325 e. The first kappa shape index (κ1) is 20.3. The predicted molar refractivity (Wildman–Crippen MR) is 115 cm³/mol. The third-order valence-electron chi connectivity index (χ3n) is 5.89. The zero-order valence-electron chi connectivity index (χ0n) is 17.0. The van der Waals surface area contributed by atoms with E-state index in [0.29, 0.717) is 23.2 Å². The van der Waals surface area contributed by atoms with Crippen molar-refractivity contribution >= 4 is 29.2 Å². The molecule has 1 atom stereocenters. The number of rotatable bonds is 4. The number of benzene rings is 2. The van der Waals surface area contributed by atoms with Crippen LogP contribution in [0.25, 0.3) is 0 Å². The number of imide groups is 1. The Morgan fingerprint density at radius 1 is 1.16 bits per heavy atom. The number of halogens is 1. The molecule has 0 radical (unpaired) electrons. The fraction of sp³-hybridized carbons (Fsp3) is 0.217. The molecular weight excluding hydrogens is 431 g/mol. The third-order valence-corrected chi connectivity index (χ3v) is 6.69. The highest BCUT2D eigenvalue weighted by molar-refractivity contribution is 7.07. The monoisotopic (exact) mass is 450 g/mol. The summed E-state index contributed by atoms with van der Waals surface area (Å²) in [5, 5.41) is 4.54. The Kier molecular flexibility index (Phi) is 4.97. The van der Waals surface area contributed by atoms with Gasteiger partial charge in [-0.15, -0.1) is 11.3 Å². The second kappa shape index (κ2) is 7.83. The number of thiazole rings is 1. The zero-order chi connectivity index (χ0) is 22.3. The van der Waals surface area contributed by atoms with Gasteiger partial charge < -0.3 is 9.88 Å². The molecule has 1 aromatic heterocycles. The van der Waals surface area contributed by atoms with Crippen molar-refractivity contribution in [1.82, 2.24) is 14.8 Å². The Bertz CT molecular complexity index is 1310. The second-order valence-corrected chi connectivity index (χ2v) is 8.67. The van der Waals surface area contributed by atoms with Gasteiger partial charge in [0.1, 0.15) is 17.9 Å². The number of amides is 4. The molecule has 32 heavy (non-hydrogen) atoms. The van der Waals surface area contributed by atoms with Crippen LogP contribution in [0.15, 0.2) is 65.1 Å². The van der Waals surface area contributed by atoms with Crippen molar-refractivity contribution in [2.75, 3.05) is 6.54 Å². The van der Waals surface area contributed by atoms with Crippen LogP contribution in [0, 0.1) is 5.82 Å². The summed E-state index contributed by atoms with van der Waals surface area (Å²) in [4.78, 5) is 43.8. The number of aromatic nitrogens is 1. The maximum atomic E-state index is 14.0. The van der Waals surface area contributed by atoms with Crippen molar-refractivity contribution < 1.29 is 18.8 Å². The van der Waals surface area contributed by atoms with Crippen LogP contribution < -0.4 is 10.1 Å². The topological polar surface area (TPSA) is 83.8 Å². The third kappa shape index (κ3) is 3.34. The van der Waals surface area contributed by atoms with Gasteiger partial charge in [0.2, 0.25) is 0 Å². The first-order valence-electron chi connectivity index (χ1n) is 10.2. The van der Waals surface area contributed by atoms with Gasteiger partial charge in [0.05, 0.1) is 6.54 Å². The van der Waals surface area contributed by atoms with Gasteiger partial charge in [-0.3, -0.25) is 14.5 Å². The normalized spacial score (nSPS) is 20.2. The lowest BCUT2D eigenvalue weighted by molar-refractivity contribution is -0.134. The van der Waals surface area contributed by atoms with Crippen LogP contribution >= 0.6 is 11.3 Å². The summed E-state index contributed by atoms with van der Waals surface area (Å²) >= 11 is 1.22. The summed E-state index contributed by atoms with van der Waals surface area (Å²) in [5.74, 6) is -1.40. The van der Waals surface area contributed by atoms with E-state index in [1.54, 1.807) is 34.3 Å². The lowest BCUT2D eigenvalue weighted by Gasteiger charge is -2.21. The smallest absolute Gasteiger partial charge is 0.319 e. The Labute approximate surface area is 186 Å². The van der Waals surface area contributed by atoms with Gasteiger partial charge in [-0.25, -0.2) is 9.18 Å². The summed E-state index contributed by atoms with van der Waals surface area (Å²) in [7, 11) is 0. The van der Waals surface area contributed by atoms with Gasteiger partial charge >= 0.3 is 6.03 Å². The first-order chi connectivity index (χ1) is 15.5. The molecule has 9 heteroatoms. The molecular formula is C23H19FN4O3S. The standard InChI is InChI=1S/C23H19FN4O3S/c24-18-8-4-2-6-16(18)13-27-11-12-32-22(27)25-19(29)14-28-20(30)23(26-21(28)31)10-9-15-5-1-3-7-17(15)23/h1-8,11-12H,9-10,13-14H2,(H,26,31)/t23-/m0/s1. The minimum atomic E-state index is -1.11. The van der Waals surface area contributed by atoms with E-state index in [2.05, 4.69) is 10.3 Å². The molecule has 1 aliphatic carbocycles. The number of urea groups is 1. The molecule has 1 aliphatic heterocycles. The molecule has 162 valence electrons. The van der Waals surface area contributed by atoms with E-state index < -0.39 is 29.9 Å². The van der Waals surface area contributed by atoms with Crippen LogP contribution in [-0.4, -0.2) is 33.9 Å². The molecule has 1 fully saturated rings.